The third-order valence-corrected chi connectivity index (χ3v) is 6.31. The standard InChI is InChI=1S/C27H22Cl2N2O5/c1-15-4-8-22(16(2)10-15)31-26(33)19(25(32)30-27(31)34)11-17-6-9-23(24(13-17)35-3)36-14-18-5-7-20(28)21(29)12-18/h4-13H,14H2,1-3H3,(H,30,32,34)/b19-11+. The number of imide groups is 2. The van der Waals surface area contributed by atoms with Gasteiger partial charge in [-0.15, -0.1) is 0 Å². The number of benzene rings is 3. The van der Waals surface area contributed by atoms with E-state index in [2.05, 4.69) is 5.32 Å². The second-order valence-electron chi connectivity index (χ2n) is 8.20. The summed E-state index contributed by atoms with van der Waals surface area (Å²) >= 11 is 12.0. The van der Waals surface area contributed by atoms with Crippen LogP contribution in [0.25, 0.3) is 6.08 Å². The molecule has 1 heterocycles. The van der Waals surface area contributed by atoms with Gasteiger partial charge >= 0.3 is 6.03 Å². The lowest BCUT2D eigenvalue weighted by molar-refractivity contribution is -0.122. The number of barbiturate groups is 1. The van der Waals surface area contributed by atoms with Gasteiger partial charge in [0.15, 0.2) is 11.5 Å². The van der Waals surface area contributed by atoms with Gasteiger partial charge in [-0.25, -0.2) is 9.69 Å². The quantitative estimate of drug-likeness (QED) is 0.322. The second-order valence-corrected chi connectivity index (χ2v) is 9.01. The van der Waals surface area contributed by atoms with E-state index in [9.17, 15) is 14.4 Å². The van der Waals surface area contributed by atoms with Gasteiger partial charge in [-0.1, -0.05) is 53.0 Å². The van der Waals surface area contributed by atoms with Crippen LogP contribution < -0.4 is 19.7 Å². The number of halogens is 2. The first-order chi connectivity index (χ1) is 17.2. The van der Waals surface area contributed by atoms with Crippen LogP contribution in [0.2, 0.25) is 10.0 Å². The van der Waals surface area contributed by atoms with Gasteiger partial charge in [-0.2, -0.15) is 0 Å². The van der Waals surface area contributed by atoms with Gasteiger partial charge in [0, 0.05) is 0 Å². The molecule has 1 N–H and O–H groups in total. The van der Waals surface area contributed by atoms with Crippen molar-refractivity contribution >= 4 is 52.8 Å². The molecule has 1 aliphatic rings. The first-order valence-electron chi connectivity index (χ1n) is 10.9. The fraction of sp³-hybridized carbons (Fsp3) is 0.148. The molecule has 9 heteroatoms. The molecule has 3 aromatic rings. The Kier molecular flexibility index (Phi) is 7.33. The second kappa shape index (κ2) is 10.4. The molecule has 0 saturated carbocycles. The Morgan fingerprint density at radius 2 is 1.69 bits per heavy atom. The average Bonchev–Trinajstić information content (AvgIpc) is 2.84. The Morgan fingerprint density at radius 1 is 0.917 bits per heavy atom. The van der Waals surface area contributed by atoms with Gasteiger partial charge < -0.3 is 9.47 Å². The lowest BCUT2D eigenvalue weighted by Crippen LogP contribution is -2.54. The third-order valence-electron chi connectivity index (χ3n) is 5.57. The van der Waals surface area contributed by atoms with Crippen molar-refractivity contribution in [2.45, 2.75) is 20.5 Å². The van der Waals surface area contributed by atoms with Crippen LogP contribution in [0.1, 0.15) is 22.3 Å². The van der Waals surface area contributed by atoms with E-state index in [0.29, 0.717) is 32.8 Å². The highest BCUT2D eigenvalue weighted by Crippen LogP contribution is 2.32. The van der Waals surface area contributed by atoms with Crippen molar-refractivity contribution in [3.05, 3.63) is 92.5 Å². The van der Waals surface area contributed by atoms with E-state index in [-0.39, 0.29) is 12.2 Å². The highest BCUT2D eigenvalue weighted by Gasteiger charge is 2.37. The number of nitrogens with one attached hydrogen (secondary N) is 1. The minimum Gasteiger partial charge on any atom is -0.493 e. The van der Waals surface area contributed by atoms with Gasteiger partial charge in [0.2, 0.25) is 0 Å². The van der Waals surface area contributed by atoms with Crippen molar-refractivity contribution in [1.29, 1.82) is 0 Å². The lowest BCUT2D eigenvalue weighted by atomic mass is 10.0. The zero-order valence-corrected chi connectivity index (χ0v) is 21.2. The average molecular weight is 525 g/mol. The number of amides is 4. The van der Waals surface area contributed by atoms with Crippen molar-refractivity contribution in [3.63, 3.8) is 0 Å². The minimum atomic E-state index is -0.794. The number of hydrogen-bond donors (Lipinski definition) is 1. The fourth-order valence-electron chi connectivity index (χ4n) is 3.78. The molecular weight excluding hydrogens is 503 g/mol. The Morgan fingerprint density at radius 3 is 2.39 bits per heavy atom. The van der Waals surface area contributed by atoms with Gasteiger partial charge in [0.05, 0.1) is 22.8 Å². The largest absolute Gasteiger partial charge is 0.493 e. The zero-order chi connectivity index (χ0) is 26.0. The molecule has 0 aliphatic carbocycles. The molecule has 1 saturated heterocycles. The van der Waals surface area contributed by atoms with E-state index in [0.717, 1.165) is 21.6 Å². The third kappa shape index (κ3) is 5.22. The number of anilines is 1. The molecule has 0 radical (unpaired) electrons. The van der Waals surface area contributed by atoms with Gasteiger partial charge in [0.1, 0.15) is 12.2 Å². The van der Waals surface area contributed by atoms with E-state index in [1.807, 2.05) is 13.0 Å². The molecule has 1 fully saturated rings. The Hall–Kier alpha value is -3.81. The van der Waals surface area contributed by atoms with Gasteiger partial charge in [0.25, 0.3) is 11.8 Å². The summed E-state index contributed by atoms with van der Waals surface area (Å²) in [4.78, 5) is 39.2. The van der Waals surface area contributed by atoms with Crippen LogP contribution in [0.15, 0.2) is 60.2 Å². The van der Waals surface area contributed by atoms with E-state index < -0.39 is 17.8 Å². The maximum absolute atomic E-state index is 13.2. The number of carbonyl (C=O) groups is 3. The van der Waals surface area contributed by atoms with E-state index in [1.165, 1.54) is 13.2 Å². The molecule has 1 aliphatic heterocycles. The maximum atomic E-state index is 13.2. The van der Waals surface area contributed by atoms with Crippen molar-refractivity contribution < 1.29 is 23.9 Å². The summed E-state index contributed by atoms with van der Waals surface area (Å²) in [6, 6.07) is 14.7. The summed E-state index contributed by atoms with van der Waals surface area (Å²) in [5, 5.41) is 3.12. The van der Waals surface area contributed by atoms with Crippen LogP contribution in [-0.2, 0) is 16.2 Å². The lowest BCUT2D eigenvalue weighted by Gasteiger charge is -2.27. The number of carbonyl (C=O) groups excluding carboxylic acids is 3. The van der Waals surface area contributed by atoms with E-state index >= 15 is 0 Å². The van der Waals surface area contributed by atoms with Crippen LogP contribution >= 0.6 is 23.2 Å². The number of ether oxygens (including phenoxy) is 2. The Labute approximate surface area is 218 Å². The highest BCUT2D eigenvalue weighted by atomic mass is 35.5. The Balaban J connectivity index is 1.60. The molecule has 0 bridgehead atoms. The summed E-state index contributed by atoms with van der Waals surface area (Å²) in [5.41, 5.74) is 3.28. The molecule has 4 amide bonds. The number of aryl methyl sites for hydroxylation is 2. The maximum Gasteiger partial charge on any atom is 0.335 e. The van der Waals surface area contributed by atoms with Crippen LogP contribution in [0.5, 0.6) is 11.5 Å². The minimum absolute atomic E-state index is 0.180. The number of methoxy groups -OCH3 is 1. The molecule has 36 heavy (non-hydrogen) atoms. The molecule has 4 rings (SSSR count). The highest BCUT2D eigenvalue weighted by molar-refractivity contribution is 6.42. The van der Waals surface area contributed by atoms with E-state index in [1.54, 1.807) is 55.5 Å². The van der Waals surface area contributed by atoms with E-state index in [4.69, 9.17) is 32.7 Å². The molecule has 184 valence electrons. The first-order valence-corrected chi connectivity index (χ1v) is 11.7. The molecule has 0 spiro atoms. The molecular formula is C27H22Cl2N2O5. The van der Waals surface area contributed by atoms with Gasteiger partial charge in [-0.05, 0) is 66.9 Å². The van der Waals surface area contributed by atoms with Crippen LogP contribution in [0, 0.1) is 13.8 Å². The fourth-order valence-corrected chi connectivity index (χ4v) is 4.10. The summed E-state index contributed by atoms with van der Waals surface area (Å²) in [6.45, 7) is 3.93. The van der Waals surface area contributed by atoms with Crippen molar-refractivity contribution in [1.82, 2.24) is 5.32 Å². The van der Waals surface area contributed by atoms with Crippen molar-refractivity contribution in [2.24, 2.45) is 0 Å². The molecule has 0 atom stereocenters. The predicted molar refractivity (Wildman–Crippen MR) is 139 cm³/mol. The summed E-state index contributed by atoms with van der Waals surface area (Å²) in [6.07, 6.45) is 1.41. The monoisotopic (exact) mass is 524 g/mol. The Bertz CT molecular complexity index is 1420. The van der Waals surface area contributed by atoms with Crippen LogP contribution in [0.3, 0.4) is 0 Å². The molecule has 7 nitrogen and oxygen atoms in total. The summed E-state index contributed by atoms with van der Waals surface area (Å²) in [5.74, 6) is -0.632. The van der Waals surface area contributed by atoms with Gasteiger partial charge in [-0.3, -0.25) is 14.9 Å². The van der Waals surface area contributed by atoms with Crippen LogP contribution in [0.4, 0.5) is 10.5 Å². The number of hydrogen-bond acceptors (Lipinski definition) is 5. The van der Waals surface area contributed by atoms with Crippen molar-refractivity contribution in [3.8, 4) is 11.5 Å². The zero-order valence-electron chi connectivity index (χ0n) is 19.7. The number of urea groups is 1. The summed E-state index contributed by atoms with van der Waals surface area (Å²) < 4.78 is 11.3. The molecule has 0 aromatic heterocycles. The number of rotatable bonds is 6. The SMILES string of the molecule is COc1cc(/C=C2\C(=O)NC(=O)N(c3ccc(C)cc3C)C2=O)ccc1OCc1ccc(Cl)c(Cl)c1. The van der Waals surface area contributed by atoms with Crippen molar-refractivity contribution in [2.75, 3.05) is 12.0 Å². The normalized spacial score (nSPS) is 14.8. The number of nitrogens with zero attached hydrogens (tertiary/aromatic N) is 1. The predicted octanol–water partition coefficient (Wildman–Crippen LogP) is 5.86. The smallest absolute Gasteiger partial charge is 0.335 e. The first kappa shape index (κ1) is 25.3. The topological polar surface area (TPSA) is 84.9 Å². The molecule has 3 aromatic carbocycles. The van der Waals surface area contributed by atoms with Crippen LogP contribution in [-0.4, -0.2) is 25.0 Å². The molecule has 0 unspecified atom stereocenters. The summed E-state index contributed by atoms with van der Waals surface area (Å²) in [7, 11) is 1.48.